The molecule has 0 unspecified atom stereocenters. The predicted molar refractivity (Wildman–Crippen MR) is 86.5 cm³/mol. The van der Waals surface area contributed by atoms with E-state index in [-0.39, 0.29) is 19.0 Å². The van der Waals surface area contributed by atoms with Crippen LogP contribution >= 0.6 is 0 Å². The number of carbonyl (C=O) groups excluding carboxylic acids is 1. The van der Waals surface area contributed by atoms with Crippen molar-refractivity contribution in [1.29, 1.82) is 0 Å². The Morgan fingerprint density at radius 2 is 2.16 bits per heavy atom. The van der Waals surface area contributed by atoms with Crippen molar-refractivity contribution >= 4 is 11.8 Å². The van der Waals surface area contributed by atoms with Crippen LogP contribution in [0, 0.1) is 6.92 Å². The van der Waals surface area contributed by atoms with E-state index < -0.39 is 29.7 Å². The average molecular weight is 352 g/mol. The number of ether oxygens (including phenoxy) is 1. The quantitative estimate of drug-likeness (QED) is 0.764. The second-order valence-corrected chi connectivity index (χ2v) is 5.24. The van der Waals surface area contributed by atoms with Gasteiger partial charge in [-0.1, -0.05) is 6.07 Å². The lowest BCUT2D eigenvalue weighted by Gasteiger charge is -2.17. The van der Waals surface area contributed by atoms with Gasteiger partial charge in [0.2, 0.25) is 0 Å². The van der Waals surface area contributed by atoms with Gasteiger partial charge in [-0.3, -0.25) is 19.1 Å². The summed E-state index contributed by atoms with van der Waals surface area (Å²) in [7, 11) is 0. The van der Waals surface area contributed by atoms with Crippen molar-refractivity contribution in [3.8, 4) is 0 Å². The van der Waals surface area contributed by atoms with Crippen molar-refractivity contribution in [3.63, 3.8) is 0 Å². The van der Waals surface area contributed by atoms with Crippen LogP contribution in [0.25, 0.3) is 0 Å². The minimum Gasteiger partial charge on any atom is -0.465 e. The highest BCUT2D eigenvalue weighted by Crippen LogP contribution is 2.26. The van der Waals surface area contributed by atoms with E-state index in [1.807, 2.05) is 0 Å². The molecule has 2 rings (SSSR count). The van der Waals surface area contributed by atoms with E-state index in [1.54, 1.807) is 19.9 Å². The number of nitrogens with zero attached hydrogens (tertiary/aromatic N) is 3. The normalized spacial score (nSPS) is 11.2. The number of esters is 1. The van der Waals surface area contributed by atoms with Crippen molar-refractivity contribution in [2.24, 2.45) is 0 Å². The van der Waals surface area contributed by atoms with E-state index in [2.05, 4.69) is 15.3 Å². The molecule has 0 bridgehead atoms. The van der Waals surface area contributed by atoms with Crippen LogP contribution in [0.15, 0.2) is 35.4 Å². The largest absolute Gasteiger partial charge is 0.465 e. The number of hydrogen-bond acceptors (Lipinski definition) is 6. The van der Waals surface area contributed by atoms with Crippen LogP contribution in [0.4, 0.5) is 14.6 Å². The summed E-state index contributed by atoms with van der Waals surface area (Å²) in [6.07, 6.45) is 2.52. The second kappa shape index (κ2) is 7.82. The van der Waals surface area contributed by atoms with E-state index in [4.69, 9.17) is 4.74 Å². The average Bonchev–Trinajstić information content (AvgIpc) is 2.56. The number of rotatable bonds is 7. The Kier molecular flexibility index (Phi) is 5.79. The van der Waals surface area contributed by atoms with Gasteiger partial charge in [0.25, 0.3) is 5.56 Å². The van der Waals surface area contributed by atoms with E-state index in [0.29, 0.717) is 5.69 Å². The molecular formula is C16H18F2N4O3. The molecular weight excluding hydrogens is 334 g/mol. The van der Waals surface area contributed by atoms with Gasteiger partial charge in [-0.15, -0.1) is 0 Å². The molecule has 2 aromatic rings. The molecule has 0 atom stereocenters. The molecule has 0 spiro atoms. The van der Waals surface area contributed by atoms with Crippen LogP contribution in [0.1, 0.15) is 18.3 Å². The molecule has 2 heterocycles. The Bertz CT molecular complexity index is 808. The maximum Gasteiger partial charge on any atom is 0.326 e. The molecule has 0 amide bonds. The van der Waals surface area contributed by atoms with Crippen molar-refractivity contribution in [2.75, 3.05) is 18.5 Å². The van der Waals surface area contributed by atoms with E-state index in [1.165, 1.54) is 24.5 Å². The van der Waals surface area contributed by atoms with Gasteiger partial charge in [-0.25, -0.2) is 4.98 Å². The summed E-state index contributed by atoms with van der Waals surface area (Å²) in [4.78, 5) is 31.2. The predicted octanol–water partition coefficient (Wildman–Crippen LogP) is 1.71. The second-order valence-electron chi connectivity index (χ2n) is 5.24. The van der Waals surface area contributed by atoms with E-state index in [9.17, 15) is 18.4 Å². The fourth-order valence-corrected chi connectivity index (χ4v) is 2.07. The molecule has 0 radical (unpaired) electrons. The van der Waals surface area contributed by atoms with Crippen molar-refractivity contribution in [2.45, 2.75) is 26.3 Å². The van der Waals surface area contributed by atoms with Gasteiger partial charge < -0.3 is 10.1 Å². The fourth-order valence-electron chi connectivity index (χ4n) is 2.07. The van der Waals surface area contributed by atoms with Crippen LogP contribution in [-0.2, 0) is 22.0 Å². The third-order valence-electron chi connectivity index (χ3n) is 3.26. The molecule has 1 N–H and O–H groups in total. The Balaban J connectivity index is 2.13. The molecule has 0 saturated heterocycles. The zero-order chi connectivity index (χ0) is 18.4. The summed E-state index contributed by atoms with van der Waals surface area (Å²) < 4.78 is 34.3. The van der Waals surface area contributed by atoms with Gasteiger partial charge in [-0.2, -0.15) is 8.78 Å². The minimum atomic E-state index is -3.29. The summed E-state index contributed by atoms with van der Waals surface area (Å²) in [5.74, 6) is -4.17. The molecule has 7 nitrogen and oxygen atoms in total. The lowest BCUT2D eigenvalue weighted by molar-refractivity contribution is -0.143. The maximum absolute atomic E-state index is 14.2. The Morgan fingerprint density at radius 3 is 2.84 bits per heavy atom. The molecule has 0 aliphatic carbocycles. The summed E-state index contributed by atoms with van der Waals surface area (Å²) >= 11 is 0. The number of carbonyl (C=O) groups is 1. The fraction of sp³-hybridized carbons (Fsp3) is 0.375. The van der Waals surface area contributed by atoms with E-state index >= 15 is 0 Å². The van der Waals surface area contributed by atoms with Gasteiger partial charge in [-0.05, 0) is 26.0 Å². The maximum atomic E-state index is 14.2. The van der Waals surface area contributed by atoms with Crippen LogP contribution in [-0.4, -0.2) is 33.7 Å². The van der Waals surface area contributed by atoms with Gasteiger partial charge in [0.1, 0.15) is 12.2 Å². The monoisotopic (exact) mass is 352 g/mol. The highest BCUT2D eigenvalue weighted by Gasteiger charge is 2.33. The van der Waals surface area contributed by atoms with Gasteiger partial charge in [0, 0.05) is 18.1 Å². The first kappa shape index (κ1) is 18.5. The third kappa shape index (κ3) is 4.82. The van der Waals surface area contributed by atoms with Crippen LogP contribution in [0.2, 0.25) is 0 Å². The number of halogens is 2. The van der Waals surface area contributed by atoms with Crippen LogP contribution in [0.5, 0.6) is 0 Å². The summed E-state index contributed by atoms with van der Waals surface area (Å²) in [6, 6.07) is 4.31. The van der Waals surface area contributed by atoms with Crippen molar-refractivity contribution in [1.82, 2.24) is 14.5 Å². The Labute approximate surface area is 142 Å². The van der Waals surface area contributed by atoms with Gasteiger partial charge >= 0.3 is 11.9 Å². The minimum absolute atomic E-state index is 0.180. The first-order chi connectivity index (χ1) is 11.8. The molecule has 0 saturated carbocycles. The molecule has 0 aromatic carbocycles. The number of hydrogen-bond donors (Lipinski definition) is 1. The highest BCUT2D eigenvalue weighted by atomic mass is 19.3. The van der Waals surface area contributed by atoms with Crippen molar-refractivity contribution < 1.29 is 18.3 Å². The van der Waals surface area contributed by atoms with E-state index in [0.717, 1.165) is 4.57 Å². The summed E-state index contributed by atoms with van der Waals surface area (Å²) in [6.45, 7) is 2.26. The smallest absolute Gasteiger partial charge is 0.326 e. The lowest BCUT2D eigenvalue weighted by Crippen LogP contribution is -2.32. The number of alkyl halides is 2. The molecule has 9 heteroatoms. The zero-order valence-corrected chi connectivity index (χ0v) is 13.8. The summed E-state index contributed by atoms with van der Waals surface area (Å²) in [5, 5.41) is 2.33. The number of anilines is 1. The number of aryl methyl sites for hydroxylation is 1. The molecule has 0 fully saturated rings. The first-order valence-electron chi connectivity index (χ1n) is 7.60. The zero-order valence-electron chi connectivity index (χ0n) is 13.8. The number of pyridine rings is 1. The molecule has 134 valence electrons. The lowest BCUT2D eigenvalue weighted by atomic mass is 10.2. The van der Waals surface area contributed by atoms with Crippen LogP contribution < -0.4 is 10.9 Å². The SMILES string of the molecule is CCOC(=O)Cn1ccnc(NCC(F)(F)c2cccc(C)n2)c1=O. The third-order valence-corrected chi connectivity index (χ3v) is 3.26. The number of nitrogens with one attached hydrogen (secondary N) is 1. The summed E-state index contributed by atoms with van der Waals surface area (Å²) in [5.41, 5.74) is -0.627. The molecule has 0 aliphatic rings. The van der Waals surface area contributed by atoms with Gasteiger partial charge in [0.15, 0.2) is 5.82 Å². The highest BCUT2D eigenvalue weighted by molar-refractivity contribution is 5.69. The molecule has 25 heavy (non-hydrogen) atoms. The first-order valence-corrected chi connectivity index (χ1v) is 7.60. The number of aromatic nitrogens is 3. The van der Waals surface area contributed by atoms with Crippen molar-refractivity contribution in [3.05, 3.63) is 52.3 Å². The standard InChI is InChI=1S/C16H18F2N4O3/c1-3-25-13(23)9-22-8-7-19-14(15(22)24)20-10-16(17,18)12-6-4-5-11(2)21-12/h4-8H,3,9-10H2,1-2H3,(H,19,20). The van der Waals surface area contributed by atoms with Gasteiger partial charge in [0.05, 0.1) is 13.2 Å². The Morgan fingerprint density at radius 1 is 1.40 bits per heavy atom. The molecule has 0 aliphatic heterocycles. The Hall–Kier alpha value is -2.84. The topological polar surface area (TPSA) is 86.1 Å². The van der Waals surface area contributed by atoms with Crippen LogP contribution in [0.3, 0.4) is 0 Å². The molecule has 2 aromatic heterocycles.